The molecule has 1 atom stereocenters. The zero-order valence-electron chi connectivity index (χ0n) is 19.9. The Morgan fingerprint density at radius 1 is 1.06 bits per heavy atom. The molecule has 1 aromatic carbocycles. The van der Waals surface area contributed by atoms with Gasteiger partial charge in [-0.25, -0.2) is 0 Å². The number of benzene rings is 1. The van der Waals surface area contributed by atoms with E-state index in [1.54, 1.807) is 0 Å². The number of nitrogens with one attached hydrogen (secondary N) is 1. The van der Waals surface area contributed by atoms with E-state index in [0.717, 1.165) is 48.5 Å². The fourth-order valence-corrected chi connectivity index (χ4v) is 7.75. The lowest BCUT2D eigenvalue weighted by molar-refractivity contribution is -0.118. The average Bonchev–Trinajstić information content (AvgIpc) is 3.48. The standard InChI is InChI=1S/C28H36N4O2/c29-27(30-17-23-7-4-10-34-23)31-26(33)18-32-24(22-5-2-1-3-6-22)8-9-25(32)28-14-19-11-20(15-28)13-21(12-19)16-28/h1-3,5-6,8-9,19-21,23H,4,7,10-18H2,(H3,29,30,31,33). The smallest absolute Gasteiger partial charge is 0.268 e. The van der Waals surface area contributed by atoms with Gasteiger partial charge >= 0.3 is 0 Å². The number of ether oxygens (including phenoxy) is 1. The van der Waals surface area contributed by atoms with Crippen molar-refractivity contribution >= 4 is 11.9 Å². The molecule has 0 radical (unpaired) electrons. The zero-order chi connectivity index (χ0) is 23.1. The number of carbonyl (C=O) groups excluding carboxylic acids is 1. The molecule has 1 unspecified atom stereocenters. The SMILES string of the molecule is N/C(=N\C(=O)Cn1c(-c2ccccc2)ccc1C12CC3CC(CC(C3)C1)C2)NCC1CCCO1. The Balaban J connectivity index is 1.28. The molecule has 2 heterocycles. The number of rotatable bonds is 6. The second-order valence-electron chi connectivity index (χ2n) is 11.2. The van der Waals surface area contributed by atoms with E-state index >= 15 is 0 Å². The molecule has 6 nitrogen and oxygen atoms in total. The van der Waals surface area contributed by atoms with E-state index in [4.69, 9.17) is 10.5 Å². The molecule has 3 N–H and O–H groups in total. The van der Waals surface area contributed by atoms with Crippen LogP contribution in [-0.4, -0.2) is 35.7 Å². The number of guanidine groups is 1. The van der Waals surface area contributed by atoms with Crippen molar-refractivity contribution in [3.63, 3.8) is 0 Å². The number of nitrogens with zero attached hydrogens (tertiary/aromatic N) is 2. The van der Waals surface area contributed by atoms with Crippen LogP contribution in [0.5, 0.6) is 0 Å². The van der Waals surface area contributed by atoms with Crippen LogP contribution in [0.25, 0.3) is 11.3 Å². The number of carbonyl (C=O) groups is 1. The Bertz CT molecular complexity index is 1030. The minimum Gasteiger partial charge on any atom is -0.376 e. The third-order valence-electron chi connectivity index (χ3n) is 8.71. The molecule has 0 spiro atoms. The van der Waals surface area contributed by atoms with Gasteiger partial charge in [0.1, 0.15) is 6.54 Å². The lowest BCUT2D eigenvalue weighted by Crippen LogP contribution is -2.49. The van der Waals surface area contributed by atoms with Gasteiger partial charge in [-0.3, -0.25) is 4.79 Å². The highest BCUT2D eigenvalue weighted by Gasteiger charge is 2.52. The molecule has 1 amide bonds. The van der Waals surface area contributed by atoms with Crippen LogP contribution >= 0.6 is 0 Å². The maximum Gasteiger partial charge on any atom is 0.268 e. The van der Waals surface area contributed by atoms with Gasteiger partial charge in [0.05, 0.1) is 6.10 Å². The number of aliphatic imine (C=N–C) groups is 1. The molecule has 1 saturated heterocycles. The highest BCUT2D eigenvalue weighted by Crippen LogP contribution is 2.61. The summed E-state index contributed by atoms with van der Waals surface area (Å²) in [5.41, 5.74) is 9.84. The zero-order valence-corrected chi connectivity index (χ0v) is 19.9. The van der Waals surface area contributed by atoms with Crippen LogP contribution in [0.3, 0.4) is 0 Å². The number of nitrogens with two attached hydrogens (primary N) is 1. The normalized spacial score (nSPS) is 32.3. The summed E-state index contributed by atoms with van der Waals surface area (Å²) < 4.78 is 7.88. The number of amides is 1. The molecule has 7 rings (SSSR count). The highest BCUT2D eigenvalue weighted by atomic mass is 16.5. The van der Waals surface area contributed by atoms with Crippen LogP contribution < -0.4 is 11.1 Å². The molecule has 5 fully saturated rings. The van der Waals surface area contributed by atoms with Crippen LogP contribution in [0.2, 0.25) is 0 Å². The Morgan fingerprint density at radius 3 is 2.41 bits per heavy atom. The lowest BCUT2D eigenvalue weighted by atomic mass is 9.49. The summed E-state index contributed by atoms with van der Waals surface area (Å²) in [5, 5.41) is 3.08. The molecule has 1 aliphatic heterocycles. The van der Waals surface area contributed by atoms with Crippen molar-refractivity contribution in [3.8, 4) is 11.3 Å². The van der Waals surface area contributed by atoms with Gasteiger partial charge in [-0.1, -0.05) is 30.3 Å². The van der Waals surface area contributed by atoms with Crippen molar-refractivity contribution in [1.29, 1.82) is 0 Å². The summed E-state index contributed by atoms with van der Waals surface area (Å²) in [6.45, 7) is 1.61. The fourth-order valence-electron chi connectivity index (χ4n) is 7.75. The van der Waals surface area contributed by atoms with Crippen LogP contribution in [0.15, 0.2) is 47.5 Å². The predicted molar refractivity (Wildman–Crippen MR) is 133 cm³/mol. The summed E-state index contributed by atoms with van der Waals surface area (Å²) in [5.74, 6) is 2.52. The third-order valence-corrected chi connectivity index (χ3v) is 8.71. The first-order valence-corrected chi connectivity index (χ1v) is 13.1. The monoisotopic (exact) mass is 460 g/mol. The Hall–Kier alpha value is -2.60. The van der Waals surface area contributed by atoms with E-state index < -0.39 is 0 Å². The molecular formula is C28H36N4O2. The van der Waals surface area contributed by atoms with E-state index in [1.165, 1.54) is 44.2 Å². The van der Waals surface area contributed by atoms with Crippen LogP contribution in [-0.2, 0) is 21.5 Å². The van der Waals surface area contributed by atoms with Gasteiger partial charge in [-0.15, -0.1) is 0 Å². The topological polar surface area (TPSA) is 81.6 Å². The summed E-state index contributed by atoms with van der Waals surface area (Å²) in [4.78, 5) is 17.3. The van der Waals surface area contributed by atoms with E-state index in [9.17, 15) is 4.79 Å². The molecule has 4 aliphatic carbocycles. The van der Waals surface area contributed by atoms with Gasteiger partial charge in [0, 0.05) is 30.0 Å². The van der Waals surface area contributed by atoms with E-state index in [1.807, 2.05) is 6.07 Å². The third kappa shape index (κ3) is 4.17. The number of aromatic nitrogens is 1. The Kier molecular flexibility index (Phi) is 5.72. The largest absolute Gasteiger partial charge is 0.376 e. The molecule has 4 saturated carbocycles. The average molecular weight is 461 g/mol. The molecule has 5 aliphatic rings. The van der Waals surface area contributed by atoms with Gasteiger partial charge in [-0.05, 0) is 86.8 Å². The van der Waals surface area contributed by atoms with Gasteiger partial charge in [0.25, 0.3) is 5.91 Å². The summed E-state index contributed by atoms with van der Waals surface area (Å²) in [6, 6.07) is 14.9. The first-order valence-electron chi connectivity index (χ1n) is 13.1. The number of hydrogen-bond acceptors (Lipinski definition) is 2. The summed E-state index contributed by atoms with van der Waals surface area (Å²) in [7, 11) is 0. The van der Waals surface area contributed by atoms with Crippen LogP contribution in [0.4, 0.5) is 0 Å². The molecule has 4 bridgehead atoms. The van der Waals surface area contributed by atoms with E-state index in [2.05, 4.69) is 51.3 Å². The Morgan fingerprint density at radius 2 is 1.76 bits per heavy atom. The van der Waals surface area contributed by atoms with Crippen molar-refractivity contribution < 1.29 is 9.53 Å². The summed E-state index contributed by atoms with van der Waals surface area (Å²) >= 11 is 0. The van der Waals surface area contributed by atoms with E-state index in [0.29, 0.717) is 6.54 Å². The van der Waals surface area contributed by atoms with Crippen molar-refractivity contribution in [2.24, 2.45) is 28.5 Å². The maximum absolute atomic E-state index is 13.1. The van der Waals surface area contributed by atoms with Crippen molar-refractivity contribution in [1.82, 2.24) is 9.88 Å². The Labute approximate surface area is 202 Å². The van der Waals surface area contributed by atoms with Crippen molar-refractivity contribution in [2.75, 3.05) is 13.2 Å². The molecule has 2 aromatic rings. The van der Waals surface area contributed by atoms with Gasteiger partial charge < -0.3 is 20.4 Å². The minimum atomic E-state index is -0.211. The second-order valence-corrected chi connectivity index (χ2v) is 11.2. The predicted octanol–water partition coefficient (Wildman–Crippen LogP) is 4.23. The maximum atomic E-state index is 13.1. The number of hydrogen-bond donors (Lipinski definition) is 2. The quantitative estimate of drug-likeness (QED) is 0.499. The minimum absolute atomic E-state index is 0.153. The second kappa shape index (κ2) is 8.88. The first-order chi connectivity index (χ1) is 16.6. The van der Waals surface area contributed by atoms with Crippen LogP contribution in [0, 0.1) is 17.8 Å². The van der Waals surface area contributed by atoms with Crippen LogP contribution in [0.1, 0.15) is 57.1 Å². The summed E-state index contributed by atoms with van der Waals surface area (Å²) in [6.07, 6.45) is 10.3. The molecular weight excluding hydrogens is 424 g/mol. The fraction of sp³-hybridized carbons (Fsp3) is 0.571. The van der Waals surface area contributed by atoms with Gasteiger partial charge in [0.2, 0.25) is 0 Å². The molecule has 180 valence electrons. The molecule has 34 heavy (non-hydrogen) atoms. The lowest BCUT2D eigenvalue weighted by Gasteiger charge is -2.57. The van der Waals surface area contributed by atoms with E-state index in [-0.39, 0.29) is 29.9 Å². The highest BCUT2D eigenvalue weighted by molar-refractivity contribution is 5.92. The van der Waals surface area contributed by atoms with Crippen molar-refractivity contribution in [3.05, 3.63) is 48.2 Å². The van der Waals surface area contributed by atoms with Crippen molar-refractivity contribution in [2.45, 2.75) is 69.4 Å². The molecule has 6 heteroatoms. The molecule has 1 aromatic heterocycles. The van der Waals surface area contributed by atoms with Gasteiger partial charge in [-0.2, -0.15) is 4.99 Å². The first kappa shape index (κ1) is 21.9. The van der Waals surface area contributed by atoms with Gasteiger partial charge in [0.15, 0.2) is 5.96 Å².